The molecule has 1 N–H and O–H groups in total. The van der Waals surface area contributed by atoms with Gasteiger partial charge in [0, 0.05) is 0 Å². The second-order valence-corrected chi connectivity index (χ2v) is 14.4. The average Bonchev–Trinajstić information content (AvgIpc) is 3.25. The number of carboxylic acids is 1. The summed E-state index contributed by atoms with van der Waals surface area (Å²) in [4.78, 5) is 24.3. The molecule has 4 aliphatic carbocycles. The topological polar surface area (TPSA) is 63.6 Å². The summed E-state index contributed by atoms with van der Waals surface area (Å²) >= 11 is 0. The van der Waals surface area contributed by atoms with Gasteiger partial charge in [0.15, 0.2) is 0 Å². The highest BCUT2D eigenvalue weighted by Crippen LogP contribution is 2.67. The maximum atomic E-state index is 13.1. The van der Waals surface area contributed by atoms with Crippen LogP contribution in [-0.2, 0) is 4.74 Å². The van der Waals surface area contributed by atoms with Gasteiger partial charge in [-0.25, -0.2) is 9.59 Å². The van der Waals surface area contributed by atoms with E-state index in [1.807, 2.05) is 0 Å². The van der Waals surface area contributed by atoms with E-state index in [4.69, 9.17) is 4.74 Å². The van der Waals surface area contributed by atoms with Crippen molar-refractivity contribution in [2.75, 3.05) is 0 Å². The lowest BCUT2D eigenvalue weighted by atomic mass is 9.46. The van der Waals surface area contributed by atoms with E-state index in [-0.39, 0.29) is 23.1 Å². The van der Waals surface area contributed by atoms with Crippen molar-refractivity contribution in [2.24, 2.45) is 46.3 Å². The smallest absolute Gasteiger partial charge is 0.338 e. The van der Waals surface area contributed by atoms with Crippen LogP contribution in [-0.4, -0.2) is 23.1 Å². The number of fused-ring (bicyclic) bond motifs is 5. The SMILES string of the molecule is CC(C)CCC[C@@H](C)[C@H]1CC[C@H]2[C@@H]3CC=C4C(OC(=O)c5ccc(C(=O)O)cc5)CCC[C@]4(C)[C@H]3CC[C@]12C. The molecule has 0 radical (unpaired) electrons. The first-order valence-electron chi connectivity index (χ1n) is 15.8. The Morgan fingerprint density at radius 1 is 0.949 bits per heavy atom. The fraction of sp³-hybridized carbons (Fsp3) is 0.714. The second kappa shape index (κ2) is 11.1. The van der Waals surface area contributed by atoms with Crippen LogP contribution < -0.4 is 0 Å². The Labute approximate surface area is 236 Å². The molecular formula is C35H50O4. The van der Waals surface area contributed by atoms with Crippen LogP contribution >= 0.6 is 0 Å². The van der Waals surface area contributed by atoms with Crippen LogP contribution in [0, 0.1) is 46.3 Å². The van der Waals surface area contributed by atoms with E-state index in [2.05, 4.69) is 40.7 Å². The fourth-order valence-corrected chi connectivity index (χ4v) is 9.85. The van der Waals surface area contributed by atoms with Gasteiger partial charge in [-0.15, -0.1) is 0 Å². The number of esters is 1. The average molecular weight is 535 g/mol. The lowest BCUT2D eigenvalue weighted by Gasteiger charge is -2.58. The van der Waals surface area contributed by atoms with Crippen molar-refractivity contribution in [3.05, 3.63) is 47.0 Å². The van der Waals surface area contributed by atoms with E-state index >= 15 is 0 Å². The predicted molar refractivity (Wildman–Crippen MR) is 156 cm³/mol. The molecule has 5 rings (SSSR count). The number of carbonyl (C=O) groups is 2. The number of hydrogen-bond donors (Lipinski definition) is 1. The summed E-state index contributed by atoms with van der Waals surface area (Å²) in [5.41, 5.74) is 2.56. The number of benzene rings is 1. The molecule has 1 unspecified atom stereocenters. The first-order chi connectivity index (χ1) is 18.5. The highest BCUT2D eigenvalue weighted by atomic mass is 16.5. The van der Waals surface area contributed by atoms with E-state index in [9.17, 15) is 14.7 Å². The van der Waals surface area contributed by atoms with Crippen LogP contribution in [0.1, 0.15) is 126 Å². The molecule has 1 aromatic carbocycles. The van der Waals surface area contributed by atoms with Gasteiger partial charge >= 0.3 is 11.9 Å². The van der Waals surface area contributed by atoms with Crippen LogP contribution in [0.3, 0.4) is 0 Å². The molecular weight excluding hydrogens is 484 g/mol. The Bertz CT molecular complexity index is 1090. The van der Waals surface area contributed by atoms with Gasteiger partial charge in [-0.2, -0.15) is 0 Å². The van der Waals surface area contributed by atoms with Crippen LogP contribution in [0.2, 0.25) is 0 Å². The minimum absolute atomic E-state index is 0.113. The zero-order valence-corrected chi connectivity index (χ0v) is 24.9. The van der Waals surface area contributed by atoms with Gasteiger partial charge in [0.1, 0.15) is 6.10 Å². The summed E-state index contributed by atoms with van der Waals surface area (Å²) in [6.45, 7) is 12.4. The number of aromatic carboxylic acids is 1. The fourth-order valence-electron chi connectivity index (χ4n) is 9.85. The minimum atomic E-state index is -0.988. The number of carboxylic acid groups (broad SMARTS) is 1. The zero-order chi connectivity index (χ0) is 27.9. The largest absolute Gasteiger partial charge is 0.478 e. The third-order valence-electron chi connectivity index (χ3n) is 11.9. The van der Waals surface area contributed by atoms with Crippen molar-refractivity contribution in [2.45, 2.75) is 111 Å². The predicted octanol–water partition coefficient (Wildman–Crippen LogP) is 8.95. The maximum absolute atomic E-state index is 13.1. The second-order valence-electron chi connectivity index (χ2n) is 14.4. The van der Waals surface area contributed by atoms with Gasteiger partial charge in [-0.05, 0) is 128 Å². The molecule has 3 fully saturated rings. The lowest BCUT2D eigenvalue weighted by Crippen LogP contribution is -2.52. The van der Waals surface area contributed by atoms with Crippen molar-refractivity contribution in [1.82, 2.24) is 0 Å². The number of rotatable bonds is 8. The molecule has 0 aromatic heterocycles. The van der Waals surface area contributed by atoms with E-state index in [1.54, 1.807) is 12.1 Å². The highest BCUT2D eigenvalue weighted by molar-refractivity contribution is 5.92. The van der Waals surface area contributed by atoms with E-state index in [0.29, 0.717) is 16.9 Å². The van der Waals surface area contributed by atoms with Crippen molar-refractivity contribution in [1.29, 1.82) is 0 Å². The molecule has 214 valence electrons. The molecule has 0 amide bonds. The molecule has 1 aromatic rings. The molecule has 0 aliphatic heterocycles. The monoisotopic (exact) mass is 534 g/mol. The Morgan fingerprint density at radius 3 is 2.36 bits per heavy atom. The van der Waals surface area contributed by atoms with Crippen LogP contribution in [0.25, 0.3) is 0 Å². The van der Waals surface area contributed by atoms with Gasteiger partial charge < -0.3 is 9.84 Å². The first-order valence-corrected chi connectivity index (χ1v) is 15.8. The molecule has 0 saturated heterocycles. The van der Waals surface area contributed by atoms with Crippen molar-refractivity contribution in [3.63, 3.8) is 0 Å². The number of allylic oxidation sites excluding steroid dienone is 1. The molecule has 4 aliphatic rings. The molecule has 0 bridgehead atoms. The van der Waals surface area contributed by atoms with E-state index in [1.165, 1.54) is 69.1 Å². The molecule has 39 heavy (non-hydrogen) atoms. The van der Waals surface area contributed by atoms with Gasteiger partial charge in [0.05, 0.1) is 11.1 Å². The molecule has 0 spiro atoms. The Balaban J connectivity index is 1.30. The number of hydrogen-bond acceptors (Lipinski definition) is 3. The van der Waals surface area contributed by atoms with Crippen molar-refractivity contribution >= 4 is 11.9 Å². The summed E-state index contributed by atoms with van der Waals surface area (Å²) in [6, 6.07) is 6.10. The molecule has 3 saturated carbocycles. The Hall–Kier alpha value is -2.10. The van der Waals surface area contributed by atoms with Gasteiger partial charge in [-0.1, -0.05) is 60.0 Å². The van der Waals surface area contributed by atoms with Crippen LogP contribution in [0.15, 0.2) is 35.9 Å². The number of carbonyl (C=O) groups excluding carboxylic acids is 1. The van der Waals surface area contributed by atoms with E-state index < -0.39 is 5.97 Å². The maximum Gasteiger partial charge on any atom is 0.338 e. The van der Waals surface area contributed by atoms with Crippen LogP contribution in [0.5, 0.6) is 0 Å². The summed E-state index contributed by atoms with van der Waals surface area (Å²) in [5.74, 6) is 3.41. The highest BCUT2D eigenvalue weighted by Gasteiger charge is 2.59. The normalized spacial score (nSPS) is 36.4. The van der Waals surface area contributed by atoms with Gasteiger partial charge in [0.2, 0.25) is 0 Å². The minimum Gasteiger partial charge on any atom is -0.478 e. The van der Waals surface area contributed by atoms with Crippen molar-refractivity contribution in [3.8, 4) is 0 Å². The third kappa shape index (κ3) is 5.22. The summed E-state index contributed by atoms with van der Waals surface area (Å²) < 4.78 is 6.15. The van der Waals surface area contributed by atoms with Crippen molar-refractivity contribution < 1.29 is 19.4 Å². The lowest BCUT2D eigenvalue weighted by molar-refractivity contribution is -0.0613. The Kier molecular flexibility index (Phi) is 8.06. The Morgan fingerprint density at radius 2 is 1.67 bits per heavy atom. The summed E-state index contributed by atoms with van der Waals surface area (Å²) in [5, 5.41) is 9.17. The molecule has 0 heterocycles. The quantitative estimate of drug-likeness (QED) is 0.267. The standard InChI is InChI=1S/C35H50O4/c1-22(2)8-6-9-23(3)27-17-18-28-26-15-16-30-31(39-33(38)25-13-11-24(12-14-25)32(36)37)10-7-20-34(30,4)29(26)19-21-35(27,28)5/h11-14,16,22-23,26-29,31H,6-10,15,17-21H2,1-5H3,(H,36,37)/t23-,26+,27-,28+,29+,31?,34-,35-/m1/s1. The molecule has 8 atom stereocenters. The first kappa shape index (κ1) is 28.4. The van der Waals surface area contributed by atoms with E-state index in [0.717, 1.165) is 48.9 Å². The van der Waals surface area contributed by atoms with Gasteiger partial charge in [0.25, 0.3) is 0 Å². The third-order valence-corrected chi connectivity index (χ3v) is 11.9. The summed E-state index contributed by atoms with van der Waals surface area (Å²) in [6.07, 6.45) is 16.2. The molecule has 4 nitrogen and oxygen atoms in total. The zero-order valence-electron chi connectivity index (χ0n) is 24.9. The summed E-state index contributed by atoms with van der Waals surface area (Å²) in [7, 11) is 0. The number of ether oxygens (including phenoxy) is 1. The van der Waals surface area contributed by atoms with Gasteiger partial charge in [-0.3, -0.25) is 0 Å². The molecule has 4 heteroatoms. The van der Waals surface area contributed by atoms with Crippen LogP contribution in [0.4, 0.5) is 0 Å².